The average Bonchev–Trinajstić information content (AvgIpc) is 2.60. The lowest BCUT2D eigenvalue weighted by Gasteiger charge is -2.32. The minimum Gasteiger partial charge on any atom is -0.325 e. The predicted molar refractivity (Wildman–Crippen MR) is 101 cm³/mol. The van der Waals surface area contributed by atoms with Crippen LogP contribution in [0.15, 0.2) is 36.4 Å². The van der Waals surface area contributed by atoms with Crippen LogP contribution in [0.5, 0.6) is 0 Å². The van der Waals surface area contributed by atoms with Crippen LogP contribution in [-0.2, 0) is 6.42 Å². The number of aryl methyl sites for hydroxylation is 1. The monoisotopic (exact) mass is 349 g/mol. The zero-order chi connectivity index (χ0) is 18.4. The Bertz CT molecular complexity index is 1100. The van der Waals surface area contributed by atoms with E-state index in [0.29, 0.717) is 16.7 Å². The molecule has 0 unspecified atom stereocenters. The average molecular weight is 349 g/mol. The van der Waals surface area contributed by atoms with E-state index >= 15 is 0 Å². The fourth-order valence-corrected chi connectivity index (χ4v) is 3.79. The summed E-state index contributed by atoms with van der Waals surface area (Å²) in [5.74, 6) is 0.200. The number of fused-ring (bicyclic) bond motifs is 2. The quantitative estimate of drug-likeness (QED) is 0.517. The zero-order valence-corrected chi connectivity index (χ0v) is 14.8. The van der Waals surface area contributed by atoms with Gasteiger partial charge in [0.15, 0.2) is 0 Å². The maximum atomic E-state index is 14.8. The maximum absolute atomic E-state index is 14.8. The van der Waals surface area contributed by atoms with Crippen LogP contribution < -0.4 is 10.5 Å². The van der Waals surface area contributed by atoms with Gasteiger partial charge in [-0.2, -0.15) is 4.98 Å². The second-order valence-corrected chi connectivity index (χ2v) is 6.64. The number of hydrogen-bond donors (Lipinski definition) is 2. The van der Waals surface area contributed by atoms with Crippen molar-refractivity contribution in [3.8, 4) is 0 Å². The smallest absolute Gasteiger partial charge is 0.230 e. The van der Waals surface area contributed by atoms with Gasteiger partial charge in [-0.3, -0.25) is 15.4 Å². The Labute approximate surface area is 150 Å². The maximum Gasteiger partial charge on any atom is 0.230 e. The molecule has 2 heterocycles. The highest BCUT2D eigenvalue weighted by atomic mass is 19.1. The van der Waals surface area contributed by atoms with Crippen molar-refractivity contribution in [3.63, 3.8) is 0 Å². The Morgan fingerprint density at radius 2 is 1.96 bits per heavy atom. The molecule has 0 amide bonds. The SMILES string of the molecule is CC(=N)n1c(=N)nc(N2CCCc3c(C)cccc32)c2c(F)cccc21. The van der Waals surface area contributed by atoms with Crippen LogP contribution in [0.2, 0.25) is 0 Å². The highest BCUT2D eigenvalue weighted by molar-refractivity contribution is 5.98. The van der Waals surface area contributed by atoms with E-state index in [1.54, 1.807) is 19.1 Å². The predicted octanol–water partition coefficient (Wildman–Crippen LogP) is 3.89. The molecule has 4 rings (SSSR count). The molecule has 1 aromatic heterocycles. The number of anilines is 2. The van der Waals surface area contributed by atoms with Gasteiger partial charge in [-0.05, 0) is 56.0 Å². The lowest BCUT2D eigenvalue weighted by Crippen LogP contribution is -2.33. The van der Waals surface area contributed by atoms with Crippen molar-refractivity contribution in [3.05, 3.63) is 59.0 Å². The van der Waals surface area contributed by atoms with Gasteiger partial charge in [-0.15, -0.1) is 0 Å². The van der Waals surface area contributed by atoms with Crippen molar-refractivity contribution in [2.24, 2.45) is 0 Å². The summed E-state index contributed by atoms with van der Waals surface area (Å²) in [7, 11) is 0. The van der Waals surface area contributed by atoms with Gasteiger partial charge in [0.05, 0.1) is 10.9 Å². The third-order valence-electron chi connectivity index (χ3n) is 4.96. The van der Waals surface area contributed by atoms with Gasteiger partial charge in [-0.1, -0.05) is 18.2 Å². The first-order valence-electron chi connectivity index (χ1n) is 8.66. The number of benzene rings is 2. The Morgan fingerprint density at radius 3 is 2.73 bits per heavy atom. The van der Waals surface area contributed by atoms with Gasteiger partial charge >= 0.3 is 0 Å². The van der Waals surface area contributed by atoms with E-state index in [0.717, 1.165) is 25.1 Å². The molecule has 0 spiro atoms. The summed E-state index contributed by atoms with van der Waals surface area (Å²) in [6.45, 7) is 4.38. The second-order valence-electron chi connectivity index (χ2n) is 6.64. The van der Waals surface area contributed by atoms with Crippen LogP contribution in [-0.4, -0.2) is 21.9 Å². The molecule has 132 valence electrons. The summed E-state index contributed by atoms with van der Waals surface area (Å²) in [6.07, 6.45) is 1.93. The third-order valence-corrected chi connectivity index (χ3v) is 4.96. The number of aromatic nitrogens is 2. The third kappa shape index (κ3) is 2.41. The highest BCUT2D eigenvalue weighted by Crippen LogP contribution is 2.37. The molecule has 0 saturated heterocycles. The summed E-state index contributed by atoms with van der Waals surface area (Å²) in [5.41, 5.74) is 3.91. The molecular weight excluding hydrogens is 329 g/mol. The van der Waals surface area contributed by atoms with Crippen molar-refractivity contribution in [2.75, 3.05) is 11.4 Å². The molecule has 1 aliphatic heterocycles. The molecular formula is C20H20FN5. The van der Waals surface area contributed by atoms with Gasteiger partial charge in [0.2, 0.25) is 5.62 Å². The van der Waals surface area contributed by atoms with Gasteiger partial charge < -0.3 is 4.90 Å². The van der Waals surface area contributed by atoms with E-state index in [2.05, 4.69) is 18.0 Å². The molecule has 0 radical (unpaired) electrons. The molecule has 0 bridgehead atoms. The first-order chi connectivity index (χ1) is 12.5. The molecule has 1 aliphatic rings. The normalized spacial score (nSPS) is 13.7. The minimum atomic E-state index is -0.389. The lowest BCUT2D eigenvalue weighted by atomic mass is 9.97. The zero-order valence-electron chi connectivity index (χ0n) is 14.8. The fourth-order valence-electron chi connectivity index (χ4n) is 3.79. The first-order valence-corrected chi connectivity index (χ1v) is 8.66. The van der Waals surface area contributed by atoms with E-state index < -0.39 is 0 Å². The molecule has 5 nitrogen and oxygen atoms in total. The molecule has 0 atom stereocenters. The Morgan fingerprint density at radius 1 is 1.19 bits per heavy atom. The summed E-state index contributed by atoms with van der Waals surface area (Å²) < 4.78 is 16.2. The number of hydrogen-bond acceptors (Lipinski definition) is 4. The molecule has 3 aromatic rings. The van der Waals surface area contributed by atoms with E-state index in [1.165, 1.54) is 21.8 Å². The lowest BCUT2D eigenvalue weighted by molar-refractivity contribution is 0.637. The van der Waals surface area contributed by atoms with E-state index in [9.17, 15) is 4.39 Å². The highest BCUT2D eigenvalue weighted by Gasteiger charge is 2.24. The largest absolute Gasteiger partial charge is 0.325 e. The van der Waals surface area contributed by atoms with Gasteiger partial charge in [0, 0.05) is 12.2 Å². The van der Waals surface area contributed by atoms with Crippen LogP contribution in [0, 0.1) is 23.6 Å². The number of nitrogens with one attached hydrogen (secondary N) is 2. The van der Waals surface area contributed by atoms with Crippen LogP contribution in [0.1, 0.15) is 24.5 Å². The molecule has 0 fully saturated rings. The number of nitrogens with zero attached hydrogens (tertiary/aromatic N) is 3. The summed E-state index contributed by atoms with van der Waals surface area (Å²) in [4.78, 5) is 6.42. The molecule has 2 N–H and O–H groups in total. The van der Waals surface area contributed by atoms with Crippen molar-refractivity contribution in [2.45, 2.75) is 26.7 Å². The van der Waals surface area contributed by atoms with E-state index in [1.807, 2.05) is 17.0 Å². The van der Waals surface area contributed by atoms with Crippen LogP contribution in [0.4, 0.5) is 15.9 Å². The number of halogens is 1. The Balaban J connectivity index is 2.06. The van der Waals surface area contributed by atoms with Crippen LogP contribution in [0.25, 0.3) is 10.9 Å². The molecule has 6 heteroatoms. The van der Waals surface area contributed by atoms with Crippen molar-refractivity contribution >= 4 is 28.2 Å². The standard InChI is InChI=1S/C20H20FN5/c1-12-6-3-9-16-14(12)7-5-11-25(16)19-18-15(21)8-4-10-17(18)26(13(2)22)20(23)24-19/h3-4,6,8-10,22-23H,5,7,11H2,1-2H3. The molecule has 0 saturated carbocycles. The van der Waals surface area contributed by atoms with Crippen LogP contribution >= 0.6 is 0 Å². The first kappa shape index (κ1) is 16.4. The number of rotatable bonds is 1. The Hall–Kier alpha value is -3.02. The van der Waals surface area contributed by atoms with Gasteiger partial charge in [0.25, 0.3) is 0 Å². The van der Waals surface area contributed by atoms with Crippen molar-refractivity contribution in [1.82, 2.24) is 9.55 Å². The Kier molecular flexibility index (Phi) is 3.83. The topological polar surface area (TPSA) is 68.8 Å². The van der Waals surface area contributed by atoms with Crippen molar-refractivity contribution < 1.29 is 4.39 Å². The summed E-state index contributed by atoms with van der Waals surface area (Å²) in [5, 5.41) is 16.6. The fraction of sp³-hybridized carbons (Fsp3) is 0.250. The molecule has 26 heavy (non-hydrogen) atoms. The van der Waals surface area contributed by atoms with Gasteiger partial charge in [0.1, 0.15) is 17.5 Å². The summed E-state index contributed by atoms with van der Waals surface area (Å²) in [6, 6.07) is 10.9. The van der Waals surface area contributed by atoms with Gasteiger partial charge in [-0.25, -0.2) is 4.39 Å². The van der Waals surface area contributed by atoms with Crippen LogP contribution in [0.3, 0.4) is 0 Å². The molecule has 0 aliphatic carbocycles. The van der Waals surface area contributed by atoms with Crippen molar-refractivity contribution in [1.29, 1.82) is 10.8 Å². The second kappa shape index (κ2) is 6.05. The minimum absolute atomic E-state index is 0.0645. The van der Waals surface area contributed by atoms with E-state index in [-0.39, 0.29) is 17.3 Å². The van der Waals surface area contributed by atoms with E-state index in [4.69, 9.17) is 10.8 Å². The summed E-state index contributed by atoms with van der Waals surface area (Å²) >= 11 is 0. The molecule has 2 aromatic carbocycles.